The highest BCUT2D eigenvalue weighted by molar-refractivity contribution is 7.99. The minimum absolute atomic E-state index is 0.171. The van der Waals surface area contributed by atoms with Gasteiger partial charge in [-0.3, -0.25) is 15.1 Å². The molecule has 1 N–H and O–H groups in total. The molecule has 0 bridgehead atoms. The molecule has 8 nitrogen and oxygen atoms in total. The van der Waals surface area contributed by atoms with Crippen LogP contribution in [0.4, 0.5) is 5.13 Å². The van der Waals surface area contributed by atoms with Crippen molar-refractivity contribution in [3.63, 3.8) is 0 Å². The van der Waals surface area contributed by atoms with Crippen LogP contribution in [-0.2, 0) is 11.8 Å². The summed E-state index contributed by atoms with van der Waals surface area (Å²) in [6.07, 6.45) is 3.41. The van der Waals surface area contributed by atoms with Gasteiger partial charge < -0.3 is 4.57 Å². The Balaban J connectivity index is 1.36. The second-order valence-electron chi connectivity index (χ2n) is 6.22. The van der Waals surface area contributed by atoms with Crippen molar-refractivity contribution in [3.05, 3.63) is 54.4 Å². The zero-order valence-electron chi connectivity index (χ0n) is 15.7. The molecule has 0 saturated carbocycles. The molecule has 3 heterocycles. The monoisotopic (exact) mass is 423 g/mol. The van der Waals surface area contributed by atoms with Crippen LogP contribution < -0.4 is 5.32 Å². The van der Waals surface area contributed by atoms with Crippen LogP contribution in [0, 0.1) is 6.92 Å². The van der Waals surface area contributed by atoms with Gasteiger partial charge >= 0.3 is 0 Å². The molecule has 29 heavy (non-hydrogen) atoms. The predicted octanol–water partition coefficient (Wildman–Crippen LogP) is 3.43. The minimum Gasteiger partial charge on any atom is -0.305 e. The molecule has 0 aliphatic heterocycles. The SMILES string of the molecule is Cc1ccc(-c2nnc(NC(=O)CSc3nnc(-c4ccncc4)n3C)s2)cc1. The molecular formula is C19H17N7OS2. The Morgan fingerprint density at radius 3 is 2.55 bits per heavy atom. The summed E-state index contributed by atoms with van der Waals surface area (Å²) in [6.45, 7) is 2.03. The van der Waals surface area contributed by atoms with Crippen molar-refractivity contribution in [2.24, 2.45) is 7.05 Å². The topological polar surface area (TPSA) is 98.5 Å². The van der Waals surface area contributed by atoms with Gasteiger partial charge in [-0.1, -0.05) is 52.9 Å². The lowest BCUT2D eigenvalue weighted by atomic mass is 10.2. The van der Waals surface area contributed by atoms with Crippen molar-refractivity contribution in [2.75, 3.05) is 11.1 Å². The number of carbonyl (C=O) groups excluding carboxylic acids is 1. The number of hydrogen-bond donors (Lipinski definition) is 1. The van der Waals surface area contributed by atoms with Crippen LogP contribution in [0.2, 0.25) is 0 Å². The number of pyridine rings is 1. The summed E-state index contributed by atoms with van der Waals surface area (Å²) in [7, 11) is 1.87. The number of amides is 1. The van der Waals surface area contributed by atoms with Gasteiger partial charge in [0.2, 0.25) is 11.0 Å². The molecule has 0 fully saturated rings. The van der Waals surface area contributed by atoms with Crippen LogP contribution in [0.3, 0.4) is 0 Å². The maximum Gasteiger partial charge on any atom is 0.236 e. The Morgan fingerprint density at radius 1 is 1.03 bits per heavy atom. The fourth-order valence-electron chi connectivity index (χ4n) is 2.56. The summed E-state index contributed by atoms with van der Waals surface area (Å²) in [4.78, 5) is 16.3. The minimum atomic E-state index is -0.171. The van der Waals surface area contributed by atoms with E-state index in [0.717, 1.165) is 22.0 Å². The Labute approximate surface area is 175 Å². The molecule has 1 amide bonds. The van der Waals surface area contributed by atoms with Crippen molar-refractivity contribution in [3.8, 4) is 22.0 Å². The number of benzene rings is 1. The van der Waals surface area contributed by atoms with Gasteiger partial charge in [-0.25, -0.2) is 0 Å². The maximum absolute atomic E-state index is 12.3. The molecule has 0 atom stereocenters. The number of rotatable bonds is 6. The van der Waals surface area contributed by atoms with Gasteiger partial charge in [-0.2, -0.15) is 0 Å². The highest BCUT2D eigenvalue weighted by Gasteiger charge is 2.14. The highest BCUT2D eigenvalue weighted by Crippen LogP contribution is 2.27. The van der Waals surface area contributed by atoms with Crippen LogP contribution in [-0.4, -0.2) is 41.6 Å². The third-order valence-corrected chi connectivity index (χ3v) is 5.98. The van der Waals surface area contributed by atoms with Gasteiger partial charge in [0.25, 0.3) is 0 Å². The molecule has 0 saturated heterocycles. The first kappa shape index (κ1) is 19.2. The van der Waals surface area contributed by atoms with Crippen molar-refractivity contribution < 1.29 is 4.79 Å². The van der Waals surface area contributed by atoms with E-state index in [1.165, 1.54) is 28.7 Å². The van der Waals surface area contributed by atoms with Crippen molar-refractivity contribution >= 4 is 34.1 Å². The summed E-state index contributed by atoms with van der Waals surface area (Å²) in [5.41, 5.74) is 3.08. The highest BCUT2D eigenvalue weighted by atomic mass is 32.2. The van der Waals surface area contributed by atoms with Gasteiger partial charge in [0, 0.05) is 30.6 Å². The second-order valence-corrected chi connectivity index (χ2v) is 8.14. The molecule has 0 spiro atoms. The van der Waals surface area contributed by atoms with E-state index in [0.29, 0.717) is 10.3 Å². The summed E-state index contributed by atoms with van der Waals surface area (Å²) in [5.74, 6) is 0.749. The number of aryl methyl sites for hydroxylation is 1. The molecule has 4 aromatic rings. The average molecular weight is 424 g/mol. The van der Waals surface area contributed by atoms with Gasteiger partial charge in [0.05, 0.1) is 5.75 Å². The largest absolute Gasteiger partial charge is 0.305 e. The molecule has 146 valence electrons. The van der Waals surface area contributed by atoms with Crippen LogP contribution >= 0.6 is 23.1 Å². The molecule has 0 unspecified atom stereocenters. The fraction of sp³-hybridized carbons (Fsp3) is 0.158. The van der Waals surface area contributed by atoms with Crippen molar-refractivity contribution in [1.82, 2.24) is 29.9 Å². The maximum atomic E-state index is 12.3. The normalized spacial score (nSPS) is 10.8. The summed E-state index contributed by atoms with van der Waals surface area (Å²) in [5, 5.41) is 21.3. The third-order valence-electron chi connectivity index (χ3n) is 4.08. The van der Waals surface area contributed by atoms with Gasteiger partial charge in [-0.05, 0) is 19.1 Å². The Bertz CT molecular complexity index is 1120. The van der Waals surface area contributed by atoms with Crippen molar-refractivity contribution in [2.45, 2.75) is 12.1 Å². The smallest absolute Gasteiger partial charge is 0.236 e. The summed E-state index contributed by atoms with van der Waals surface area (Å²) in [6, 6.07) is 11.8. The second kappa shape index (κ2) is 8.50. The van der Waals surface area contributed by atoms with Crippen LogP contribution in [0.1, 0.15) is 5.56 Å². The quantitative estimate of drug-likeness (QED) is 0.474. The summed E-state index contributed by atoms with van der Waals surface area (Å²) < 4.78 is 1.85. The Hall–Kier alpha value is -3.11. The van der Waals surface area contributed by atoms with E-state index >= 15 is 0 Å². The fourth-order valence-corrected chi connectivity index (χ4v) is 4.04. The van der Waals surface area contributed by atoms with E-state index in [1.54, 1.807) is 12.4 Å². The molecule has 4 rings (SSSR count). The first-order chi connectivity index (χ1) is 14.1. The number of nitrogens with one attached hydrogen (secondary N) is 1. The molecule has 1 aromatic carbocycles. The van der Waals surface area contributed by atoms with Crippen LogP contribution in [0.15, 0.2) is 53.9 Å². The van der Waals surface area contributed by atoms with Gasteiger partial charge in [0.1, 0.15) is 5.01 Å². The van der Waals surface area contributed by atoms with E-state index < -0.39 is 0 Å². The molecular weight excluding hydrogens is 406 g/mol. The first-order valence-corrected chi connectivity index (χ1v) is 10.5. The molecule has 0 aliphatic rings. The van der Waals surface area contributed by atoms with Gasteiger partial charge in [0.15, 0.2) is 11.0 Å². The van der Waals surface area contributed by atoms with E-state index in [-0.39, 0.29) is 11.7 Å². The molecule has 0 radical (unpaired) electrons. The zero-order chi connectivity index (χ0) is 20.2. The molecule has 0 aliphatic carbocycles. The lowest BCUT2D eigenvalue weighted by Gasteiger charge is -2.03. The van der Waals surface area contributed by atoms with Crippen LogP contribution in [0.25, 0.3) is 22.0 Å². The summed E-state index contributed by atoms with van der Waals surface area (Å²) >= 11 is 2.66. The average Bonchev–Trinajstić information content (AvgIpc) is 3.34. The van der Waals surface area contributed by atoms with E-state index in [4.69, 9.17) is 0 Å². The standard InChI is InChI=1S/C19H17N7OS2/c1-12-3-5-14(6-4-12)17-23-24-18(29-17)21-15(27)11-28-19-25-22-16(26(19)2)13-7-9-20-10-8-13/h3-10H,11H2,1-2H3,(H,21,24,27). The number of carbonyl (C=O) groups is 1. The number of anilines is 1. The third kappa shape index (κ3) is 4.49. The number of hydrogen-bond acceptors (Lipinski definition) is 8. The zero-order valence-corrected chi connectivity index (χ0v) is 17.4. The molecule has 3 aromatic heterocycles. The molecule has 10 heteroatoms. The van der Waals surface area contributed by atoms with Crippen LogP contribution in [0.5, 0.6) is 0 Å². The van der Waals surface area contributed by atoms with E-state index in [9.17, 15) is 4.79 Å². The first-order valence-electron chi connectivity index (χ1n) is 8.73. The predicted molar refractivity (Wildman–Crippen MR) is 114 cm³/mol. The van der Waals surface area contributed by atoms with E-state index in [2.05, 4.69) is 30.7 Å². The lowest BCUT2D eigenvalue weighted by Crippen LogP contribution is -2.14. The lowest BCUT2D eigenvalue weighted by molar-refractivity contribution is -0.113. The Morgan fingerprint density at radius 2 is 1.79 bits per heavy atom. The van der Waals surface area contributed by atoms with E-state index in [1.807, 2.05) is 54.9 Å². The number of aromatic nitrogens is 6. The van der Waals surface area contributed by atoms with Crippen molar-refractivity contribution in [1.29, 1.82) is 0 Å². The van der Waals surface area contributed by atoms with Gasteiger partial charge in [-0.15, -0.1) is 20.4 Å². The number of nitrogens with zero attached hydrogens (tertiary/aromatic N) is 6. The number of thioether (sulfide) groups is 1. The Kier molecular flexibility index (Phi) is 5.63.